The van der Waals surface area contributed by atoms with Gasteiger partial charge in [-0.2, -0.15) is 10.4 Å². The molecule has 0 aliphatic heterocycles. The van der Waals surface area contributed by atoms with E-state index in [0.29, 0.717) is 59.6 Å². The topological polar surface area (TPSA) is 128 Å². The van der Waals surface area contributed by atoms with E-state index in [1.807, 2.05) is 48.1 Å². The van der Waals surface area contributed by atoms with E-state index in [0.717, 1.165) is 32.7 Å². The van der Waals surface area contributed by atoms with Gasteiger partial charge in [-0.25, -0.2) is 15.0 Å². The lowest BCUT2D eigenvalue weighted by Gasteiger charge is -2.15. The summed E-state index contributed by atoms with van der Waals surface area (Å²) in [4.78, 5) is 14.2. The number of nitrogens with zero attached hydrogens (tertiary/aromatic N) is 6. The second-order valence-corrected chi connectivity index (χ2v) is 9.93. The molecule has 0 bridgehead atoms. The number of hydrogen-bond donors (Lipinski definition) is 2. The first-order chi connectivity index (χ1) is 18.5. The van der Waals surface area contributed by atoms with Crippen LogP contribution in [-0.4, -0.2) is 45.0 Å². The number of halogens is 1. The molecule has 3 N–H and O–H groups in total. The Kier molecular flexibility index (Phi) is 7.51. The summed E-state index contributed by atoms with van der Waals surface area (Å²) in [6, 6.07) is 13.6. The Morgan fingerprint density at radius 1 is 1.21 bits per heavy atom. The van der Waals surface area contributed by atoms with Crippen molar-refractivity contribution in [3.8, 4) is 28.6 Å². The van der Waals surface area contributed by atoms with Crippen LogP contribution in [0.2, 0.25) is 5.02 Å². The zero-order valence-corrected chi connectivity index (χ0v) is 22.5. The molecule has 0 saturated carbocycles. The second kappa shape index (κ2) is 11.1. The summed E-state index contributed by atoms with van der Waals surface area (Å²) >= 11 is 8.10. The van der Waals surface area contributed by atoms with Crippen molar-refractivity contribution in [2.45, 2.75) is 19.9 Å². The van der Waals surface area contributed by atoms with Gasteiger partial charge in [-0.1, -0.05) is 23.7 Å². The van der Waals surface area contributed by atoms with Crippen LogP contribution in [0.25, 0.3) is 32.7 Å². The molecule has 192 valence electrons. The number of nitrogen functional groups attached to an aromatic ring is 1. The SMILES string of the molecule is COCCn1ccc(NCCc2nc(-c3cc(Cl)c4ncsc4c3)c(-c3cccc(C#N)c3C)nc2N)n1. The summed E-state index contributed by atoms with van der Waals surface area (Å²) in [5.41, 5.74) is 13.9. The van der Waals surface area contributed by atoms with Crippen LogP contribution in [0.5, 0.6) is 0 Å². The Morgan fingerprint density at radius 3 is 2.89 bits per heavy atom. The zero-order valence-electron chi connectivity index (χ0n) is 20.9. The molecule has 0 aliphatic carbocycles. The fourth-order valence-corrected chi connectivity index (χ4v) is 5.27. The van der Waals surface area contributed by atoms with E-state index < -0.39 is 0 Å². The van der Waals surface area contributed by atoms with Gasteiger partial charge >= 0.3 is 0 Å². The van der Waals surface area contributed by atoms with Crippen LogP contribution in [0.3, 0.4) is 0 Å². The van der Waals surface area contributed by atoms with Gasteiger partial charge in [-0.3, -0.25) is 4.68 Å². The number of nitrogens with two attached hydrogens (primary N) is 1. The molecule has 0 fully saturated rings. The molecule has 5 aromatic rings. The van der Waals surface area contributed by atoms with E-state index in [9.17, 15) is 5.26 Å². The van der Waals surface area contributed by atoms with Crippen molar-refractivity contribution in [1.82, 2.24) is 24.7 Å². The minimum Gasteiger partial charge on any atom is -0.383 e. The normalized spacial score (nSPS) is 11.1. The number of nitrogens with one attached hydrogen (secondary N) is 1. The van der Waals surface area contributed by atoms with Gasteiger partial charge in [0.2, 0.25) is 0 Å². The van der Waals surface area contributed by atoms with Crippen LogP contribution < -0.4 is 11.1 Å². The molecule has 3 heterocycles. The largest absolute Gasteiger partial charge is 0.383 e. The number of methoxy groups -OCH3 is 1. The van der Waals surface area contributed by atoms with Crippen molar-refractivity contribution in [3.05, 3.63) is 69.9 Å². The molecule has 11 heteroatoms. The lowest BCUT2D eigenvalue weighted by Crippen LogP contribution is -2.12. The highest BCUT2D eigenvalue weighted by Crippen LogP contribution is 2.37. The molecule has 38 heavy (non-hydrogen) atoms. The number of thiazole rings is 1. The standard InChI is InChI=1S/C27H25ClN8OS/c1-16-17(14-29)4-3-5-19(16)25-24(18-12-20(28)26-22(13-18)38-15-32-26)33-21(27(30)34-25)6-8-31-23-7-9-36(35-23)10-11-37-2/h3-5,7,9,12-13,15H,6,8,10-11H2,1-2H3,(H2,30,34)(H,31,35). The van der Waals surface area contributed by atoms with Crippen LogP contribution in [0, 0.1) is 18.3 Å². The van der Waals surface area contributed by atoms with Crippen molar-refractivity contribution >= 4 is 44.8 Å². The Balaban J connectivity index is 1.52. The molecular weight excluding hydrogens is 520 g/mol. The quantitative estimate of drug-likeness (QED) is 0.255. The first kappa shape index (κ1) is 25.6. The second-order valence-electron chi connectivity index (χ2n) is 8.63. The van der Waals surface area contributed by atoms with Crippen molar-refractivity contribution in [2.24, 2.45) is 0 Å². The Morgan fingerprint density at radius 2 is 2.08 bits per heavy atom. The number of aromatic nitrogens is 5. The van der Waals surface area contributed by atoms with E-state index in [1.165, 1.54) is 11.3 Å². The molecular formula is C27H25ClN8OS. The van der Waals surface area contributed by atoms with Gasteiger partial charge in [-0.15, -0.1) is 11.3 Å². The number of ether oxygens (including phenoxy) is 1. The van der Waals surface area contributed by atoms with Crippen LogP contribution in [0.1, 0.15) is 16.8 Å². The lowest BCUT2D eigenvalue weighted by atomic mass is 9.97. The monoisotopic (exact) mass is 544 g/mol. The molecule has 2 aromatic carbocycles. The minimum absolute atomic E-state index is 0.336. The highest BCUT2D eigenvalue weighted by atomic mass is 35.5. The molecule has 0 atom stereocenters. The van der Waals surface area contributed by atoms with Crippen molar-refractivity contribution in [1.29, 1.82) is 5.26 Å². The maximum absolute atomic E-state index is 9.59. The Hall–Kier alpha value is -4.04. The third-order valence-electron chi connectivity index (χ3n) is 6.20. The molecule has 0 amide bonds. The molecule has 9 nitrogen and oxygen atoms in total. The predicted molar refractivity (Wildman–Crippen MR) is 151 cm³/mol. The van der Waals surface area contributed by atoms with E-state index in [-0.39, 0.29) is 0 Å². The third kappa shape index (κ3) is 5.17. The Bertz CT molecular complexity index is 1660. The average molecular weight is 545 g/mol. The smallest absolute Gasteiger partial charge is 0.147 e. The van der Waals surface area contributed by atoms with E-state index >= 15 is 0 Å². The van der Waals surface area contributed by atoms with Gasteiger partial charge in [0, 0.05) is 43.5 Å². The highest BCUT2D eigenvalue weighted by Gasteiger charge is 2.19. The molecule has 5 rings (SSSR count). The van der Waals surface area contributed by atoms with E-state index in [4.69, 9.17) is 32.0 Å². The first-order valence-corrected chi connectivity index (χ1v) is 13.2. The first-order valence-electron chi connectivity index (χ1n) is 11.9. The number of nitriles is 1. The fraction of sp³-hybridized carbons (Fsp3) is 0.222. The molecule has 0 radical (unpaired) electrons. The zero-order chi connectivity index (χ0) is 26.6. The van der Waals surface area contributed by atoms with E-state index in [2.05, 4.69) is 21.5 Å². The summed E-state index contributed by atoms with van der Waals surface area (Å²) in [5, 5.41) is 17.9. The van der Waals surface area contributed by atoms with Gasteiger partial charge in [0.25, 0.3) is 0 Å². The van der Waals surface area contributed by atoms with Gasteiger partial charge in [0.15, 0.2) is 0 Å². The summed E-state index contributed by atoms with van der Waals surface area (Å²) < 4.78 is 7.88. The number of hydrogen-bond acceptors (Lipinski definition) is 9. The average Bonchev–Trinajstić information content (AvgIpc) is 3.58. The number of benzene rings is 2. The molecule has 0 aliphatic rings. The molecule has 3 aromatic heterocycles. The van der Waals surface area contributed by atoms with Gasteiger partial charge < -0.3 is 15.8 Å². The minimum atomic E-state index is 0.336. The number of anilines is 2. The van der Waals surface area contributed by atoms with Crippen LogP contribution in [0.4, 0.5) is 11.6 Å². The van der Waals surface area contributed by atoms with Gasteiger partial charge in [0.1, 0.15) is 11.6 Å². The van der Waals surface area contributed by atoms with E-state index in [1.54, 1.807) is 18.7 Å². The van der Waals surface area contributed by atoms with Crippen LogP contribution in [-0.2, 0) is 17.7 Å². The van der Waals surface area contributed by atoms with Gasteiger partial charge in [0.05, 0.1) is 62.6 Å². The van der Waals surface area contributed by atoms with Crippen molar-refractivity contribution in [3.63, 3.8) is 0 Å². The number of fused-ring (bicyclic) bond motifs is 1. The van der Waals surface area contributed by atoms with Crippen molar-refractivity contribution < 1.29 is 4.74 Å². The lowest BCUT2D eigenvalue weighted by molar-refractivity contribution is 0.183. The Labute approximate surface area is 228 Å². The highest BCUT2D eigenvalue weighted by molar-refractivity contribution is 7.16. The number of rotatable bonds is 9. The third-order valence-corrected chi connectivity index (χ3v) is 7.27. The summed E-state index contributed by atoms with van der Waals surface area (Å²) in [5.74, 6) is 1.10. The summed E-state index contributed by atoms with van der Waals surface area (Å²) in [6.07, 6.45) is 2.43. The maximum Gasteiger partial charge on any atom is 0.147 e. The molecule has 0 unspecified atom stereocenters. The summed E-state index contributed by atoms with van der Waals surface area (Å²) in [7, 11) is 1.67. The van der Waals surface area contributed by atoms with Crippen LogP contribution >= 0.6 is 22.9 Å². The van der Waals surface area contributed by atoms with Crippen LogP contribution in [0.15, 0.2) is 48.1 Å². The summed E-state index contributed by atoms with van der Waals surface area (Å²) in [6.45, 7) is 3.74. The van der Waals surface area contributed by atoms with Gasteiger partial charge in [-0.05, 0) is 30.7 Å². The molecule has 0 spiro atoms. The van der Waals surface area contributed by atoms with Crippen molar-refractivity contribution in [2.75, 3.05) is 31.3 Å². The predicted octanol–water partition coefficient (Wildman–Crippen LogP) is 5.33. The fourth-order valence-electron chi connectivity index (χ4n) is 4.21. The maximum atomic E-state index is 9.59. The molecule has 0 saturated heterocycles.